The standard InChI is InChI=1S/C12H17N/c1-3-9-8-12-11(10(9)4-2)6-5-7-13-12/h5-7,9-10H,3-4,8H2,1-2H3/t9?,10-/m0/s1. The highest BCUT2D eigenvalue weighted by molar-refractivity contribution is 5.30. The lowest BCUT2D eigenvalue weighted by Crippen LogP contribution is -2.04. The molecule has 1 aliphatic rings. The van der Waals surface area contributed by atoms with Crippen LogP contribution in [0, 0.1) is 5.92 Å². The Morgan fingerprint density at radius 1 is 1.38 bits per heavy atom. The zero-order chi connectivity index (χ0) is 9.26. The molecular weight excluding hydrogens is 158 g/mol. The number of aromatic nitrogens is 1. The summed E-state index contributed by atoms with van der Waals surface area (Å²) in [6.45, 7) is 4.58. The lowest BCUT2D eigenvalue weighted by molar-refractivity contribution is 0.432. The Kier molecular flexibility index (Phi) is 2.34. The molecule has 2 rings (SSSR count). The van der Waals surface area contributed by atoms with Gasteiger partial charge in [-0.3, -0.25) is 4.98 Å². The van der Waals surface area contributed by atoms with E-state index in [0.717, 1.165) is 11.8 Å². The Morgan fingerprint density at radius 2 is 2.23 bits per heavy atom. The molecule has 2 atom stereocenters. The smallest absolute Gasteiger partial charge is 0.0441 e. The third kappa shape index (κ3) is 1.37. The van der Waals surface area contributed by atoms with Crippen LogP contribution in [-0.2, 0) is 6.42 Å². The maximum atomic E-state index is 4.46. The molecule has 0 N–H and O–H groups in total. The summed E-state index contributed by atoms with van der Waals surface area (Å²) in [5.74, 6) is 1.61. The summed E-state index contributed by atoms with van der Waals surface area (Å²) in [7, 11) is 0. The Bertz CT molecular complexity index is 293. The van der Waals surface area contributed by atoms with Crippen molar-refractivity contribution in [2.45, 2.75) is 39.0 Å². The van der Waals surface area contributed by atoms with Gasteiger partial charge in [0.05, 0.1) is 0 Å². The van der Waals surface area contributed by atoms with E-state index in [2.05, 4.69) is 31.0 Å². The normalized spacial score (nSPS) is 26.0. The van der Waals surface area contributed by atoms with E-state index in [9.17, 15) is 0 Å². The Hall–Kier alpha value is -0.850. The second-order valence-corrected chi connectivity index (χ2v) is 3.93. The van der Waals surface area contributed by atoms with Crippen molar-refractivity contribution in [2.24, 2.45) is 5.92 Å². The van der Waals surface area contributed by atoms with Crippen LogP contribution in [0.4, 0.5) is 0 Å². The van der Waals surface area contributed by atoms with E-state index in [-0.39, 0.29) is 0 Å². The predicted octanol–water partition coefficient (Wildman–Crippen LogP) is 3.16. The molecule has 0 aliphatic heterocycles. The maximum Gasteiger partial charge on any atom is 0.0441 e. The first-order chi connectivity index (χ1) is 6.36. The average Bonchev–Trinajstić information content (AvgIpc) is 2.55. The van der Waals surface area contributed by atoms with E-state index in [0.29, 0.717) is 0 Å². The molecule has 1 heterocycles. The first-order valence-corrected chi connectivity index (χ1v) is 5.30. The molecule has 1 nitrogen and oxygen atoms in total. The van der Waals surface area contributed by atoms with Gasteiger partial charge in [-0.05, 0) is 36.3 Å². The molecule has 1 aliphatic carbocycles. The fourth-order valence-corrected chi connectivity index (χ4v) is 2.59. The van der Waals surface area contributed by atoms with Gasteiger partial charge >= 0.3 is 0 Å². The molecule has 1 aromatic rings. The third-order valence-electron chi connectivity index (χ3n) is 3.31. The number of hydrogen-bond donors (Lipinski definition) is 0. The van der Waals surface area contributed by atoms with Crippen LogP contribution in [0.25, 0.3) is 0 Å². The van der Waals surface area contributed by atoms with Gasteiger partial charge in [0.2, 0.25) is 0 Å². The van der Waals surface area contributed by atoms with Crippen molar-refractivity contribution < 1.29 is 0 Å². The van der Waals surface area contributed by atoms with Gasteiger partial charge in [-0.15, -0.1) is 0 Å². The summed E-state index contributed by atoms with van der Waals surface area (Å²) in [4.78, 5) is 4.46. The minimum atomic E-state index is 0.772. The summed E-state index contributed by atoms with van der Waals surface area (Å²) in [5, 5.41) is 0. The highest BCUT2D eigenvalue weighted by Gasteiger charge is 2.30. The molecule has 0 bridgehead atoms. The quantitative estimate of drug-likeness (QED) is 0.672. The second kappa shape index (κ2) is 3.49. The molecule has 1 heteroatoms. The van der Waals surface area contributed by atoms with Gasteiger partial charge in [0.1, 0.15) is 0 Å². The van der Waals surface area contributed by atoms with Crippen LogP contribution >= 0.6 is 0 Å². The highest BCUT2D eigenvalue weighted by atomic mass is 14.7. The summed E-state index contributed by atoms with van der Waals surface area (Å²) in [5.41, 5.74) is 2.86. The van der Waals surface area contributed by atoms with Crippen molar-refractivity contribution in [1.82, 2.24) is 4.98 Å². The fraction of sp³-hybridized carbons (Fsp3) is 0.583. The van der Waals surface area contributed by atoms with Crippen LogP contribution in [0.5, 0.6) is 0 Å². The van der Waals surface area contributed by atoms with Gasteiger partial charge in [-0.2, -0.15) is 0 Å². The molecule has 0 saturated heterocycles. The van der Waals surface area contributed by atoms with Crippen molar-refractivity contribution in [3.05, 3.63) is 29.6 Å². The molecule has 0 saturated carbocycles. The number of pyridine rings is 1. The summed E-state index contributed by atoms with van der Waals surface area (Å²) < 4.78 is 0. The predicted molar refractivity (Wildman–Crippen MR) is 54.8 cm³/mol. The lowest BCUT2D eigenvalue weighted by atomic mass is 9.89. The van der Waals surface area contributed by atoms with E-state index in [1.807, 2.05) is 6.20 Å². The molecular formula is C12H17N. The van der Waals surface area contributed by atoms with Crippen molar-refractivity contribution in [3.63, 3.8) is 0 Å². The molecule has 70 valence electrons. The Balaban J connectivity index is 2.34. The van der Waals surface area contributed by atoms with Gasteiger partial charge in [0.25, 0.3) is 0 Å². The summed E-state index contributed by atoms with van der Waals surface area (Å²) >= 11 is 0. The number of nitrogens with zero attached hydrogens (tertiary/aromatic N) is 1. The van der Waals surface area contributed by atoms with Gasteiger partial charge in [0.15, 0.2) is 0 Å². The minimum Gasteiger partial charge on any atom is -0.261 e. The molecule has 0 radical (unpaired) electrons. The van der Waals surface area contributed by atoms with Crippen LogP contribution in [0.1, 0.15) is 43.9 Å². The van der Waals surface area contributed by atoms with Gasteiger partial charge < -0.3 is 0 Å². The molecule has 1 aromatic heterocycles. The van der Waals surface area contributed by atoms with E-state index in [4.69, 9.17) is 0 Å². The second-order valence-electron chi connectivity index (χ2n) is 3.93. The maximum absolute atomic E-state index is 4.46. The first kappa shape index (κ1) is 8.74. The average molecular weight is 175 g/mol. The van der Waals surface area contributed by atoms with Crippen molar-refractivity contribution in [1.29, 1.82) is 0 Å². The van der Waals surface area contributed by atoms with Crippen LogP contribution in [0.2, 0.25) is 0 Å². The van der Waals surface area contributed by atoms with E-state index >= 15 is 0 Å². The van der Waals surface area contributed by atoms with Crippen molar-refractivity contribution >= 4 is 0 Å². The third-order valence-corrected chi connectivity index (χ3v) is 3.31. The number of rotatable bonds is 2. The minimum absolute atomic E-state index is 0.772. The van der Waals surface area contributed by atoms with Gasteiger partial charge in [-0.1, -0.05) is 26.3 Å². The van der Waals surface area contributed by atoms with Crippen LogP contribution < -0.4 is 0 Å². The van der Waals surface area contributed by atoms with Gasteiger partial charge in [0, 0.05) is 11.9 Å². The molecule has 0 fully saturated rings. The molecule has 0 spiro atoms. The Labute approximate surface area is 80.2 Å². The lowest BCUT2D eigenvalue weighted by Gasteiger charge is -2.16. The monoisotopic (exact) mass is 175 g/mol. The van der Waals surface area contributed by atoms with Crippen LogP contribution in [0.15, 0.2) is 18.3 Å². The molecule has 0 aromatic carbocycles. The molecule has 1 unspecified atom stereocenters. The van der Waals surface area contributed by atoms with Crippen LogP contribution in [0.3, 0.4) is 0 Å². The first-order valence-electron chi connectivity index (χ1n) is 5.30. The SMILES string of the molecule is CCC1Cc2ncccc2[C@H]1CC. The zero-order valence-corrected chi connectivity index (χ0v) is 8.46. The van der Waals surface area contributed by atoms with Crippen molar-refractivity contribution in [2.75, 3.05) is 0 Å². The largest absolute Gasteiger partial charge is 0.261 e. The van der Waals surface area contributed by atoms with E-state index < -0.39 is 0 Å². The number of hydrogen-bond acceptors (Lipinski definition) is 1. The summed E-state index contributed by atoms with van der Waals surface area (Å²) in [6, 6.07) is 4.33. The van der Waals surface area contributed by atoms with Crippen molar-refractivity contribution in [3.8, 4) is 0 Å². The van der Waals surface area contributed by atoms with Gasteiger partial charge in [-0.25, -0.2) is 0 Å². The van der Waals surface area contributed by atoms with Crippen LogP contribution in [-0.4, -0.2) is 4.98 Å². The molecule has 0 amide bonds. The van der Waals surface area contributed by atoms with E-state index in [1.165, 1.54) is 30.5 Å². The topological polar surface area (TPSA) is 12.9 Å². The Morgan fingerprint density at radius 3 is 2.92 bits per heavy atom. The highest BCUT2D eigenvalue weighted by Crippen LogP contribution is 2.40. The zero-order valence-electron chi connectivity index (χ0n) is 8.46. The summed E-state index contributed by atoms with van der Waals surface area (Å²) in [6.07, 6.45) is 5.67. The number of fused-ring (bicyclic) bond motifs is 1. The fourth-order valence-electron chi connectivity index (χ4n) is 2.59. The molecule has 13 heavy (non-hydrogen) atoms. The van der Waals surface area contributed by atoms with E-state index in [1.54, 1.807) is 0 Å².